The van der Waals surface area contributed by atoms with Crippen molar-refractivity contribution in [2.45, 2.75) is 4.90 Å². The highest BCUT2D eigenvalue weighted by atomic mass is 32.2. The smallest absolute Gasteiger partial charge is 0.294 e. The lowest BCUT2D eigenvalue weighted by molar-refractivity contribution is 0.319. The molecule has 6 heteroatoms. The Morgan fingerprint density at radius 2 is 1.26 bits per heavy atom. The molecule has 0 saturated carbocycles. The summed E-state index contributed by atoms with van der Waals surface area (Å²) in [6.45, 7) is 3.51. The van der Waals surface area contributed by atoms with E-state index in [4.69, 9.17) is 9.76 Å². The molecule has 3 aromatic rings. The van der Waals surface area contributed by atoms with Crippen LogP contribution in [0, 0.1) is 0 Å². The van der Waals surface area contributed by atoms with Gasteiger partial charge in [-0.1, -0.05) is 90.6 Å². The molecule has 0 bridgehead atoms. The molecule has 0 atom stereocenters. The maximum atomic E-state index is 10.6. The van der Waals surface area contributed by atoms with Crippen LogP contribution < -0.4 is 0 Å². The molecule has 138 valence electrons. The summed E-state index contributed by atoms with van der Waals surface area (Å²) >= 11 is 0. The highest BCUT2D eigenvalue weighted by Crippen LogP contribution is 2.11. The molecule has 0 spiro atoms. The molecule has 0 radical (unpaired) electrons. The fourth-order valence-corrected chi connectivity index (χ4v) is 2.73. The lowest BCUT2D eigenvalue weighted by Gasteiger charge is -2.03. The van der Waals surface area contributed by atoms with Crippen LogP contribution in [-0.4, -0.2) is 23.9 Å². The van der Waals surface area contributed by atoms with E-state index in [0.29, 0.717) is 5.71 Å². The number of hydrogen-bond donors (Lipinski definition) is 2. The van der Waals surface area contributed by atoms with Gasteiger partial charge in [0.15, 0.2) is 0 Å². The fourth-order valence-electron chi connectivity index (χ4n) is 2.25. The highest BCUT2D eigenvalue weighted by Gasteiger charge is 2.07. The SMILES string of the molecule is C=Cc1ccc(S(=O)(=O)O)cc1.ON=C(c1ccccc1)c1ccccc1. The molecule has 3 rings (SSSR count). The van der Waals surface area contributed by atoms with Crippen LogP contribution in [0.25, 0.3) is 6.08 Å². The highest BCUT2D eigenvalue weighted by molar-refractivity contribution is 7.85. The Hall–Kier alpha value is -3.22. The summed E-state index contributed by atoms with van der Waals surface area (Å²) in [7, 11) is -4.06. The van der Waals surface area contributed by atoms with Crippen LogP contribution in [0.4, 0.5) is 0 Å². The molecule has 2 N–H and O–H groups in total. The molecule has 5 nitrogen and oxygen atoms in total. The van der Waals surface area contributed by atoms with Gasteiger partial charge in [-0.15, -0.1) is 0 Å². The lowest BCUT2D eigenvalue weighted by Crippen LogP contribution is -2.02. The summed E-state index contributed by atoms with van der Waals surface area (Å²) in [4.78, 5) is -0.104. The normalized spacial score (nSPS) is 10.3. The van der Waals surface area contributed by atoms with Crippen molar-refractivity contribution in [2.75, 3.05) is 0 Å². The van der Waals surface area contributed by atoms with Crippen LogP contribution in [0.15, 0.2) is 102 Å². The topological polar surface area (TPSA) is 87.0 Å². The van der Waals surface area contributed by atoms with Crippen molar-refractivity contribution in [2.24, 2.45) is 5.16 Å². The van der Waals surface area contributed by atoms with E-state index in [9.17, 15) is 8.42 Å². The van der Waals surface area contributed by atoms with E-state index in [1.807, 2.05) is 60.7 Å². The van der Waals surface area contributed by atoms with Gasteiger partial charge in [-0.05, 0) is 17.7 Å². The fraction of sp³-hybridized carbons (Fsp3) is 0. The van der Waals surface area contributed by atoms with E-state index in [1.165, 1.54) is 12.1 Å². The first-order valence-corrected chi connectivity index (χ1v) is 9.42. The van der Waals surface area contributed by atoms with Crippen molar-refractivity contribution in [1.82, 2.24) is 0 Å². The predicted octanol–water partition coefficient (Wildman–Crippen LogP) is 4.49. The average Bonchev–Trinajstić information content (AvgIpc) is 2.70. The standard InChI is InChI=1S/C13H11NO.C8H8O3S/c15-14-13(11-7-3-1-4-8-11)12-9-5-2-6-10-12;1-2-7-3-5-8(6-4-7)12(9,10)11/h1-10,15H;2-6H,1H2,(H,9,10,11). The van der Waals surface area contributed by atoms with Gasteiger partial charge in [0.1, 0.15) is 5.71 Å². The van der Waals surface area contributed by atoms with Gasteiger partial charge in [0.05, 0.1) is 4.90 Å². The van der Waals surface area contributed by atoms with Crippen molar-refractivity contribution < 1.29 is 18.2 Å². The number of hydrogen-bond acceptors (Lipinski definition) is 4. The molecule has 0 saturated heterocycles. The van der Waals surface area contributed by atoms with Gasteiger partial charge in [0, 0.05) is 11.1 Å². The summed E-state index contributed by atoms with van der Waals surface area (Å²) in [5.41, 5.74) is 3.22. The quantitative estimate of drug-likeness (QED) is 0.302. The largest absolute Gasteiger partial charge is 0.410 e. The van der Waals surface area contributed by atoms with Gasteiger partial charge in [0.25, 0.3) is 10.1 Å². The van der Waals surface area contributed by atoms with E-state index < -0.39 is 10.1 Å². The molecule has 0 amide bonds. The second kappa shape index (κ2) is 9.47. The first kappa shape index (κ1) is 20.1. The molecule has 0 aliphatic carbocycles. The minimum Gasteiger partial charge on any atom is -0.410 e. The zero-order chi connectivity index (χ0) is 19.7. The lowest BCUT2D eigenvalue weighted by atomic mass is 10.0. The van der Waals surface area contributed by atoms with Crippen molar-refractivity contribution >= 4 is 21.9 Å². The number of nitrogens with zero attached hydrogens (tertiary/aromatic N) is 1. The average molecular weight is 381 g/mol. The minimum atomic E-state index is -4.06. The predicted molar refractivity (Wildman–Crippen MR) is 107 cm³/mol. The van der Waals surface area contributed by atoms with Gasteiger partial charge >= 0.3 is 0 Å². The van der Waals surface area contributed by atoms with Crippen molar-refractivity contribution in [3.8, 4) is 0 Å². The van der Waals surface area contributed by atoms with Crippen LogP contribution in [0.3, 0.4) is 0 Å². The summed E-state index contributed by atoms with van der Waals surface area (Å²) in [5, 5.41) is 12.4. The zero-order valence-corrected chi connectivity index (χ0v) is 15.3. The number of rotatable bonds is 4. The Kier molecular flexibility index (Phi) is 7.05. The van der Waals surface area contributed by atoms with Crippen LogP contribution in [0.2, 0.25) is 0 Å². The van der Waals surface area contributed by atoms with E-state index in [2.05, 4.69) is 11.7 Å². The summed E-state index contributed by atoms with van der Waals surface area (Å²) < 4.78 is 29.7. The third-order valence-electron chi connectivity index (χ3n) is 3.61. The number of benzene rings is 3. The molecule has 0 aliphatic rings. The van der Waals surface area contributed by atoms with Crippen molar-refractivity contribution in [3.63, 3.8) is 0 Å². The first-order chi connectivity index (χ1) is 13.0. The summed E-state index contributed by atoms with van der Waals surface area (Å²) in [5.74, 6) is 0. The van der Waals surface area contributed by atoms with E-state index in [-0.39, 0.29) is 4.90 Å². The van der Waals surface area contributed by atoms with Crippen molar-refractivity contribution in [3.05, 3.63) is 108 Å². The molecular weight excluding hydrogens is 362 g/mol. The van der Waals surface area contributed by atoms with Crippen LogP contribution in [-0.2, 0) is 10.1 Å². The second-order valence-electron chi connectivity index (χ2n) is 5.43. The maximum absolute atomic E-state index is 10.6. The first-order valence-electron chi connectivity index (χ1n) is 7.98. The minimum absolute atomic E-state index is 0.104. The van der Waals surface area contributed by atoms with E-state index in [1.54, 1.807) is 18.2 Å². The second-order valence-corrected chi connectivity index (χ2v) is 6.85. The van der Waals surface area contributed by atoms with Crippen LogP contribution >= 0.6 is 0 Å². The van der Waals surface area contributed by atoms with Crippen LogP contribution in [0.5, 0.6) is 0 Å². The van der Waals surface area contributed by atoms with Gasteiger partial charge in [0.2, 0.25) is 0 Å². The summed E-state index contributed by atoms with van der Waals surface area (Å²) in [6.07, 6.45) is 1.59. The Balaban J connectivity index is 0.000000199. The molecule has 3 aromatic carbocycles. The molecule has 27 heavy (non-hydrogen) atoms. The molecule has 0 heterocycles. The van der Waals surface area contributed by atoms with Crippen molar-refractivity contribution in [1.29, 1.82) is 0 Å². The Morgan fingerprint density at radius 1 is 0.815 bits per heavy atom. The monoisotopic (exact) mass is 381 g/mol. The van der Waals surface area contributed by atoms with Gasteiger partial charge in [-0.3, -0.25) is 4.55 Å². The number of oxime groups is 1. The molecule has 0 fully saturated rings. The van der Waals surface area contributed by atoms with Crippen LogP contribution in [0.1, 0.15) is 16.7 Å². The zero-order valence-electron chi connectivity index (χ0n) is 14.4. The van der Waals surface area contributed by atoms with Gasteiger partial charge in [-0.2, -0.15) is 8.42 Å². The van der Waals surface area contributed by atoms with Gasteiger partial charge in [-0.25, -0.2) is 0 Å². The van der Waals surface area contributed by atoms with E-state index >= 15 is 0 Å². The molecule has 0 unspecified atom stereocenters. The van der Waals surface area contributed by atoms with Gasteiger partial charge < -0.3 is 5.21 Å². The summed E-state index contributed by atoms with van der Waals surface area (Å²) in [6, 6.07) is 25.0. The van der Waals surface area contributed by atoms with E-state index in [0.717, 1.165) is 16.7 Å². The molecule has 0 aliphatic heterocycles. The third-order valence-corrected chi connectivity index (χ3v) is 4.48. The Labute approximate surface area is 158 Å². The Bertz CT molecular complexity index is 956. The maximum Gasteiger partial charge on any atom is 0.294 e. The Morgan fingerprint density at radius 3 is 1.59 bits per heavy atom. The molecule has 0 aromatic heterocycles. The molecular formula is C21H19NO4S. The third kappa shape index (κ3) is 5.91.